The number of likely N-dealkylation sites (tertiary alicyclic amines) is 2. The average molecular weight is 443 g/mol. The van der Waals surface area contributed by atoms with E-state index in [9.17, 15) is 27.2 Å². The van der Waals surface area contributed by atoms with Crippen LogP contribution < -0.4 is 10.5 Å². The second-order valence-corrected chi connectivity index (χ2v) is 8.93. The number of amides is 3. The third-order valence-corrected chi connectivity index (χ3v) is 6.73. The van der Waals surface area contributed by atoms with E-state index in [1.165, 1.54) is 0 Å². The summed E-state index contributed by atoms with van der Waals surface area (Å²) in [7, 11) is 0. The van der Waals surface area contributed by atoms with Crippen molar-refractivity contribution < 1.29 is 31.9 Å². The fraction of sp³-hybridized carbons (Fsp3) is 0.619. The summed E-state index contributed by atoms with van der Waals surface area (Å²) in [5.41, 5.74) is 4.29. The number of nitrogens with zero attached hydrogens (tertiary/aromatic N) is 2. The lowest BCUT2D eigenvalue weighted by atomic mass is 9.68. The molecular formula is C21H25F4N3O3. The highest BCUT2D eigenvalue weighted by Crippen LogP contribution is 2.45. The summed E-state index contributed by atoms with van der Waals surface area (Å²) in [5.74, 6) is -1.84. The highest BCUT2D eigenvalue weighted by molar-refractivity contribution is 5.80. The third-order valence-electron chi connectivity index (χ3n) is 6.73. The molecule has 1 aliphatic carbocycles. The van der Waals surface area contributed by atoms with E-state index < -0.39 is 17.6 Å². The molecule has 10 heteroatoms. The van der Waals surface area contributed by atoms with E-state index in [4.69, 9.17) is 10.5 Å². The first-order chi connectivity index (χ1) is 14.6. The number of ether oxygens (including phenoxy) is 1. The molecule has 2 heterocycles. The Labute approximate surface area is 177 Å². The molecule has 0 bridgehead atoms. The van der Waals surface area contributed by atoms with Gasteiger partial charge in [-0.05, 0) is 50.3 Å². The summed E-state index contributed by atoms with van der Waals surface area (Å²) in [4.78, 5) is 27.4. The van der Waals surface area contributed by atoms with Gasteiger partial charge in [0.05, 0.1) is 17.6 Å². The quantitative estimate of drug-likeness (QED) is 0.728. The Bertz CT molecular complexity index is 860. The van der Waals surface area contributed by atoms with E-state index in [1.807, 2.05) is 0 Å². The van der Waals surface area contributed by atoms with E-state index >= 15 is 0 Å². The van der Waals surface area contributed by atoms with Gasteiger partial charge in [0.2, 0.25) is 5.91 Å². The SMILES string of the molecule is NC(=O)[C@@H]1CCN(C(=O)N2CC3(CCC(Oc4ccc(C(F)(F)F)cc4F)CC3)C2)C1. The van der Waals surface area contributed by atoms with Gasteiger partial charge >= 0.3 is 12.2 Å². The van der Waals surface area contributed by atoms with Crippen molar-refractivity contribution in [3.05, 3.63) is 29.6 Å². The maximum atomic E-state index is 14.0. The molecule has 0 radical (unpaired) electrons. The predicted octanol–water partition coefficient (Wildman–Crippen LogP) is 3.40. The zero-order valence-electron chi connectivity index (χ0n) is 17.0. The minimum atomic E-state index is -4.60. The smallest absolute Gasteiger partial charge is 0.416 e. The molecule has 1 spiro atoms. The van der Waals surface area contributed by atoms with Crippen molar-refractivity contribution in [2.45, 2.75) is 44.4 Å². The number of urea groups is 1. The van der Waals surface area contributed by atoms with Gasteiger partial charge in [-0.15, -0.1) is 0 Å². The Morgan fingerprint density at radius 1 is 1.10 bits per heavy atom. The average Bonchev–Trinajstić information content (AvgIpc) is 3.18. The minimum absolute atomic E-state index is 0.0109. The number of hydrogen-bond donors (Lipinski definition) is 1. The number of nitrogens with two attached hydrogens (primary N) is 1. The molecule has 31 heavy (non-hydrogen) atoms. The lowest BCUT2D eigenvalue weighted by molar-refractivity contribution is -0.137. The van der Waals surface area contributed by atoms with E-state index in [0.717, 1.165) is 25.0 Å². The van der Waals surface area contributed by atoms with Crippen LogP contribution in [0.25, 0.3) is 0 Å². The molecule has 3 aliphatic rings. The Balaban J connectivity index is 1.26. The van der Waals surface area contributed by atoms with Crippen LogP contribution in [0.15, 0.2) is 18.2 Å². The molecule has 3 fully saturated rings. The first-order valence-electron chi connectivity index (χ1n) is 10.4. The lowest BCUT2D eigenvalue weighted by Crippen LogP contribution is -2.62. The van der Waals surface area contributed by atoms with Crippen LogP contribution in [0.2, 0.25) is 0 Å². The third kappa shape index (κ3) is 4.43. The van der Waals surface area contributed by atoms with E-state index in [-0.39, 0.29) is 35.1 Å². The molecule has 1 saturated carbocycles. The molecule has 2 saturated heterocycles. The number of rotatable bonds is 3. The first kappa shape index (κ1) is 21.7. The number of carbonyl (C=O) groups is 2. The highest BCUT2D eigenvalue weighted by atomic mass is 19.4. The van der Waals surface area contributed by atoms with Crippen LogP contribution in [0.1, 0.15) is 37.7 Å². The van der Waals surface area contributed by atoms with Gasteiger partial charge in [0, 0.05) is 31.6 Å². The summed E-state index contributed by atoms with van der Waals surface area (Å²) in [6.07, 6.45) is -1.37. The minimum Gasteiger partial charge on any atom is -0.487 e. The monoisotopic (exact) mass is 443 g/mol. The lowest BCUT2D eigenvalue weighted by Gasteiger charge is -2.53. The van der Waals surface area contributed by atoms with Crippen molar-refractivity contribution in [2.24, 2.45) is 17.1 Å². The normalized spacial score (nSPS) is 23.7. The predicted molar refractivity (Wildman–Crippen MR) is 103 cm³/mol. The molecule has 0 aromatic heterocycles. The highest BCUT2D eigenvalue weighted by Gasteiger charge is 2.49. The number of benzene rings is 1. The Hall–Kier alpha value is -2.52. The maximum absolute atomic E-state index is 14.0. The van der Waals surface area contributed by atoms with Gasteiger partial charge in [0.25, 0.3) is 0 Å². The van der Waals surface area contributed by atoms with E-state index in [0.29, 0.717) is 51.5 Å². The van der Waals surface area contributed by atoms with Crippen LogP contribution in [-0.2, 0) is 11.0 Å². The molecule has 6 nitrogen and oxygen atoms in total. The summed E-state index contributed by atoms with van der Waals surface area (Å²) < 4.78 is 57.7. The van der Waals surface area contributed by atoms with Crippen LogP contribution >= 0.6 is 0 Å². The second kappa shape index (κ2) is 7.87. The van der Waals surface area contributed by atoms with Gasteiger partial charge in [0.1, 0.15) is 0 Å². The summed E-state index contributed by atoms with van der Waals surface area (Å²) >= 11 is 0. The van der Waals surface area contributed by atoms with Crippen molar-refractivity contribution >= 4 is 11.9 Å². The number of halogens is 4. The molecule has 3 amide bonds. The maximum Gasteiger partial charge on any atom is 0.416 e. The fourth-order valence-corrected chi connectivity index (χ4v) is 4.86. The van der Waals surface area contributed by atoms with Gasteiger partial charge in [-0.3, -0.25) is 4.79 Å². The molecular weight excluding hydrogens is 418 g/mol. The molecule has 1 atom stereocenters. The summed E-state index contributed by atoms with van der Waals surface area (Å²) in [5, 5.41) is 0. The van der Waals surface area contributed by atoms with Gasteiger partial charge in [0.15, 0.2) is 11.6 Å². The zero-order valence-corrected chi connectivity index (χ0v) is 17.0. The zero-order chi connectivity index (χ0) is 22.4. The Morgan fingerprint density at radius 3 is 2.32 bits per heavy atom. The molecule has 2 N–H and O–H groups in total. The van der Waals surface area contributed by atoms with Gasteiger partial charge in [-0.25, -0.2) is 9.18 Å². The second-order valence-electron chi connectivity index (χ2n) is 8.93. The van der Waals surface area contributed by atoms with Crippen molar-refractivity contribution in [2.75, 3.05) is 26.2 Å². The molecule has 2 aliphatic heterocycles. The van der Waals surface area contributed by atoms with Crippen molar-refractivity contribution in [3.63, 3.8) is 0 Å². The van der Waals surface area contributed by atoms with Gasteiger partial charge < -0.3 is 20.3 Å². The van der Waals surface area contributed by atoms with Crippen LogP contribution in [0.4, 0.5) is 22.4 Å². The van der Waals surface area contributed by atoms with Crippen molar-refractivity contribution in [3.8, 4) is 5.75 Å². The molecule has 0 unspecified atom stereocenters. The number of carbonyl (C=O) groups excluding carboxylic acids is 2. The number of primary amides is 1. The fourth-order valence-electron chi connectivity index (χ4n) is 4.86. The summed E-state index contributed by atoms with van der Waals surface area (Å²) in [6.45, 7) is 2.16. The van der Waals surface area contributed by atoms with E-state index in [1.54, 1.807) is 9.80 Å². The molecule has 170 valence electrons. The van der Waals surface area contributed by atoms with Crippen LogP contribution in [0, 0.1) is 17.2 Å². The number of hydrogen-bond acceptors (Lipinski definition) is 3. The van der Waals surface area contributed by atoms with Gasteiger partial charge in [-0.1, -0.05) is 0 Å². The van der Waals surface area contributed by atoms with Crippen LogP contribution in [0.5, 0.6) is 5.75 Å². The van der Waals surface area contributed by atoms with Gasteiger partial charge in [-0.2, -0.15) is 13.2 Å². The largest absolute Gasteiger partial charge is 0.487 e. The number of alkyl halides is 3. The molecule has 4 rings (SSSR count). The first-order valence-corrected chi connectivity index (χ1v) is 10.4. The standard InChI is InChI=1S/C21H25F4N3O3/c22-16-9-14(21(23,24)25)1-2-17(16)31-15-3-6-20(7-4-15)11-28(12-20)19(30)27-8-5-13(10-27)18(26)29/h1-2,9,13,15H,3-8,10-12H2,(H2,26,29)/t13-/m1/s1. The van der Waals surface area contributed by atoms with Crippen LogP contribution in [-0.4, -0.2) is 54.0 Å². The van der Waals surface area contributed by atoms with Crippen molar-refractivity contribution in [1.82, 2.24) is 9.80 Å². The Kier molecular flexibility index (Phi) is 5.51. The van der Waals surface area contributed by atoms with Crippen LogP contribution in [0.3, 0.4) is 0 Å². The topological polar surface area (TPSA) is 75.9 Å². The Morgan fingerprint density at radius 2 is 1.77 bits per heavy atom. The van der Waals surface area contributed by atoms with E-state index in [2.05, 4.69) is 0 Å². The summed E-state index contributed by atoms with van der Waals surface area (Å²) in [6, 6.07) is 2.23. The van der Waals surface area contributed by atoms with Crippen molar-refractivity contribution in [1.29, 1.82) is 0 Å². The molecule has 1 aromatic rings. The molecule has 1 aromatic carbocycles.